The number of nitrogens with zero attached hydrogens (tertiary/aromatic N) is 4. The van der Waals surface area contributed by atoms with Gasteiger partial charge in [0.1, 0.15) is 0 Å². The zero-order valence-corrected chi connectivity index (χ0v) is 14.0. The van der Waals surface area contributed by atoms with Crippen LogP contribution in [-0.2, 0) is 4.74 Å². The topological polar surface area (TPSA) is 77.4 Å². The van der Waals surface area contributed by atoms with E-state index < -0.39 is 0 Å². The van der Waals surface area contributed by atoms with Crippen LogP contribution < -0.4 is 9.64 Å². The zero-order valence-electron chi connectivity index (χ0n) is 14.0. The minimum absolute atomic E-state index is 0.105. The van der Waals surface area contributed by atoms with E-state index in [-0.39, 0.29) is 12.2 Å². The molecule has 0 aromatic carbocycles. The maximum Gasteiger partial charge on any atom is 0.241 e. The Morgan fingerprint density at radius 1 is 1.21 bits per heavy atom. The number of methoxy groups -OCH3 is 1. The summed E-state index contributed by atoms with van der Waals surface area (Å²) < 4.78 is 11.0. The second-order valence-corrected chi connectivity index (χ2v) is 5.82. The molecule has 2 aromatic heterocycles. The van der Waals surface area contributed by atoms with Gasteiger partial charge in [0.25, 0.3) is 0 Å². The Morgan fingerprint density at radius 3 is 2.58 bits per heavy atom. The van der Waals surface area contributed by atoms with E-state index >= 15 is 0 Å². The van der Waals surface area contributed by atoms with Crippen molar-refractivity contribution in [1.82, 2.24) is 15.0 Å². The number of hydrogen-bond donors (Lipinski definition) is 0. The summed E-state index contributed by atoms with van der Waals surface area (Å²) in [5.41, 5.74) is 2.44. The lowest BCUT2D eigenvalue weighted by molar-refractivity contribution is -0.00527. The Bertz CT molecular complexity index is 728. The molecular formula is C17H20N4O3. The van der Waals surface area contributed by atoms with Gasteiger partial charge in [-0.2, -0.15) is 0 Å². The molecule has 0 spiro atoms. The van der Waals surface area contributed by atoms with Crippen molar-refractivity contribution in [3.63, 3.8) is 0 Å². The van der Waals surface area contributed by atoms with E-state index in [0.717, 1.165) is 25.1 Å². The molecule has 24 heavy (non-hydrogen) atoms. The molecule has 2 aromatic rings. The standard InChI is InChI=1S/C17H20N4O3/c1-11-8-21(9-12(2)24-11)15-7-20-14(6-13(15)10-22)16-17(23-3)19-5-4-18-16/h4-7,10-12H,8-9H2,1-3H3. The maximum absolute atomic E-state index is 11.6. The van der Waals surface area contributed by atoms with Gasteiger partial charge in [0, 0.05) is 31.0 Å². The van der Waals surface area contributed by atoms with E-state index in [1.165, 1.54) is 7.11 Å². The highest BCUT2D eigenvalue weighted by molar-refractivity contribution is 5.86. The highest BCUT2D eigenvalue weighted by Gasteiger charge is 2.24. The third kappa shape index (κ3) is 3.21. The predicted octanol–water partition coefficient (Wildman–Crippen LogP) is 1.97. The van der Waals surface area contributed by atoms with Gasteiger partial charge < -0.3 is 14.4 Å². The summed E-state index contributed by atoms with van der Waals surface area (Å²) in [6, 6.07) is 1.72. The number of aldehydes is 1. The molecule has 3 heterocycles. The van der Waals surface area contributed by atoms with E-state index in [9.17, 15) is 4.79 Å². The maximum atomic E-state index is 11.6. The molecule has 3 rings (SSSR count). The quantitative estimate of drug-likeness (QED) is 0.794. The molecule has 1 saturated heterocycles. The van der Waals surface area contributed by atoms with Crippen LogP contribution in [0.3, 0.4) is 0 Å². The summed E-state index contributed by atoms with van der Waals surface area (Å²) in [4.78, 5) is 26.6. The molecule has 1 fully saturated rings. The number of carbonyl (C=O) groups excluding carboxylic acids is 1. The molecule has 0 radical (unpaired) electrons. The number of morpholine rings is 1. The number of pyridine rings is 1. The van der Waals surface area contributed by atoms with Crippen LogP contribution in [0.1, 0.15) is 24.2 Å². The van der Waals surface area contributed by atoms with Gasteiger partial charge in [0.15, 0.2) is 12.0 Å². The first-order chi connectivity index (χ1) is 11.6. The molecule has 0 bridgehead atoms. The van der Waals surface area contributed by atoms with Gasteiger partial charge in [0.05, 0.1) is 36.9 Å². The molecule has 2 unspecified atom stereocenters. The van der Waals surface area contributed by atoms with Crippen molar-refractivity contribution in [2.24, 2.45) is 0 Å². The number of anilines is 1. The summed E-state index contributed by atoms with van der Waals surface area (Å²) >= 11 is 0. The van der Waals surface area contributed by atoms with Gasteiger partial charge in [-0.1, -0.05) is 0 Å². The summed E-state index contributed by atoms with van der Waals surface area (Å²) in [7, 11) is 1.53. The minimum Gasteiger partial charge on any atom is -0.479 e. The van der Waals surface area contributed by atoms with Crippen LogP contribution in [0.2, 0.25) is 0 Å². The Labute approximate surface area is 140 Å². The third-order valence-electron chi connectivity index (χ3n) is 3.90. The van der Waals surface area contributed by atoms with E-state index in [1.54, 1.807) is 24.7 Å². The van der Waals surface area contributed by atoms with E-state index in [0.29, 0.717) is 22.8 Å². The van der Waals surface area contributed by atoms with Crippen molar-refractivity contribution in [2.45, 2.75) is 26.1 Å². The molecular weight excluding hydrogens is 308 g/mol. The van der Waals surface area contributed by atoms with Crippen molar-refractivity contribution in [2.75, 3.05) is 25.1 Å². The first kappa shape index (κ1) is 16.3. The summed E-state index contributed by atoms with van der Waals surface area (Å²) in [5, 5.41) is 0. The zero-order chi connectivity index (χ0) is 17.1. The molecule has 0 saturated carbocycles. The van der Waals surface area contributed by atoms with Crippen molar-refractivity contribution >= 4 is 12.0 Å². The number of hydrogen-bond acceptors (Lipinski definition) is 7. The fourth-order valence-corrected chi connectivity index (χ4v) is 2.98. The Kier molecular flexibility index (Phi) is 4.71. The van der Waals surface area contributed by atoms with Crippen molar-refractivity contribution in [1.29, 1.82) is 0 Å². The van der Waals surface area contributed by atoms with Crippen LogP contribution >= 0.6 is 0 Å². The smallest absolute Gasteiger partial charge is 0.241 e. The first-order valence-corrected chi connectivity index (χ1v) is 7.83. The van der Waals surface area contributed by atoms with Gasteiger partial charge in [-0.05, 0) is 19.9 Å². The second-order valence-electron chi connectivity index (χ2n) is 5.82. The molecule has 0 aliphatic carbocycles. The van der Waals surface area contributed by atoms with Crippen LogP contribution in [0.15, 0.2) is 24.7 Å². The molecule has 7 heteroatoms. The first-order valence-electron chi connectivity index (χ1n) is 7.83. The van der Waals surface area contributed by atoms with Gasteiger partial charge in [0.2, 0.25) is 5.88 Å². The second kappa shape index (κ2) is 6.92. The van der Waals surface area contributed by atoms with Gasteiger partial charge in [-0.15, -0.1) is 0 Å². The molecule has 0 amide bonds. The SMILES string of the molecule is COc1nccnc1-c1cc(C=O)c(N2CC(C)OC(C)C2)cn1. The van der Waals surface area contributed by atoms with Crippen LogP contribution in [-0.4, -0.2) is 53.6 Å². The fourth-order valence-electron chi connectivity index (χ4n) is 2.98. The minimum atomic E-state index is 0.105. The van der Waals surface area contributed by atoms with Crippen LogP contribution in [0.25, 0.3) is 11.4 Å². The monoisotopic (exact) mass is 328 g/mol. The molecule has 126 valence electrons. The lowest BCUT2D eigenvalue weighted by atomic mass is 10.1. The Morgan fingerprint density at radius 2 is 1.92 bits per heavy atom. The van der Waals surface area contributed by atoms with Crippen LogP contribution in [0, 0.1) is 0 Å². The lowest BCUT2D eigenvalue weighted by Gasteiger charge is -2.37. The van der Waals surface area contributed by atoms with E-state index in [1.807, 2.05) is 13.8 Å². The number of carbonyl (C=O) groups is 1. The third-order valence-corrected chi connectivity index (χ3v) is 3.90. The van der Waals surface area contributed by atoms with Gasteiger partial charge >= 0.3 is 0 Å². The van der Waals surface area contributed by atoms with E-state index in [2.05, 4.69) is 19.9 Å². The Balaban J connectivity index is 1.98. The highest BCUT2D eigenvalue weighted by Crippen LogP contribution is 2.29. The van der Waals surface area contributed by atoms with Crippen molar-refractivity contribution < 1.29 is 14.3 Å². The molecule has 7 nitrogen and oxygen atoms in total. The van der Waals surface area contributed by atoms with Gasteiger partial charge in [-0.3, -0.25) is 9.78 Å². The average molecular weight is 328 g/mol. The summed E-state index contributed by atoms with van der Waals surface area (Å²) in [6.07, 6.45) is 5.88. The van der Waals surface area contributed by atoms with Gasteiger partial charge in [-0.25, -0.2) is 9.97 Å². The Hall–Kier alpha value is -2.54. The number of rotatable bonds is 4. The largest absolute Gasteiger partial charge is 0.479 e. The normalized spacial score (nSPS) is 20.7. The lowest BCUT2D eigenvalue weighted by Crippen LogP contribution is -2.45. The average Bonchev–Trinajstić information content (AvgIpc) is 2.60. The van der Waals surface area contributed by atoms with Crippen molar-refractivity contribution in [3.05, 3.63) is 30.2 Å². The summed E-state index contributed by atoms with van der Waals surface area (Å²) in [5.74, 6) is 0.378. The predicted molar refractivity (Wildman–Crippen MR) is 89.4 cm³/mol. The highest BCUT2D eigenvalue weighted by atomic mass is 16.5. The van der Waals surface area contributed by atoms with Crippen molar-refractivity contribution in [3.8, 4) is 17.3 Å². The number of ether oxygens (including phenoxy) is 2. The molecule has 0 N–H and O–H groups in total. The molecule has 1 aliphatic heterocycles. The number of aromatic nitrogens is 3. The van der Waals surface area contributed by atoms with Crippen LogP contribution in [0.4, 0.5) is 5.69 Å². The van der Waals surface area contributed by atoms with Crippen LogP contribution in [0.5, 0.6) is 5.88 Å². The summed E-state index contributed by atoms with van der Waals surface area (Å²) in [6.45, 7) is 5.49. The molecule has 1 aliphatic rings. The fraction of sp³-hybridized carbons (Fsp3) is 0.412. The molecule has 2 atom stereocenters. The van der Waals surface area contributed by atoms with E-state index in [4.69, 9.17) is 9.47 Å².